The van der Waals surface area contributed by atoms with Gasteiger partial charge in [-0.05, 0) is 24.1 Å². The molecule has 1 aromatic rings. The zero-order valence-corrected chi connectivity index (χ0v) is 11.0. The number of carbonyl (C=O) groups excluding carboxylic acids is 1. The molecule has 0 aliphatic carbocycles. The maximum atomic E-state index is 11.8. The van der Waals surface area contributed by atoms with Crippen molar-refractivity contribution in [2.45, 2.75) is 44.6 Å². The Morgan fingerprint density at radius 2 is 2.06 bits per heavy atom. The Hall–Kier alpha value is -1.51. The quantitative estimate of drug-likeness (QED) is 0.750. The number of esters is 1. The highest BCUT2D eigenvalue weighted by atomic mass is 16.5. The van der Waals surface area contributed by atoms with E-state index in [4.69, 9.17) is 9.47 Å². The monoisotopic (exact) mass is 248 g/mol. The molecule has 2 atom stereocenters. The molecule has 1 saturated heterocycles. The molecule has 3 nitrogen and oxygen atoms in total. The van der Waals surface area contributed by atoms with Gasteiger partial charge in [-0.2, -0.15) is 0 Å². The molecule has 0 N–H and O–H groups in total. The van der Waals surface area contributed by atoms with Crippen LogP contribution in [0.4, 0.5) is 0 Å². The Morgan fingerprint density at radius 3 is 2.67 bits per heavy atom. The van der Waals surface area contributed by atoms with Crippen LogP contribution in [0, 0.1) is 0 Å². The lowest BCUT2D eigenvalue weighted by Gasteiger charge is -2.07. The van der Waals surface area contributed by atoms with Crippen LogP contribution >= 0.6 is 0 Å². The van der Waals surface area contributed by atoms with Gasteiger partial charge in [-0.15, -0.1) is 0 Å². The maximum Gasteiger partial charge on any atom is 0.313 e. The van der Waals surface area contributed by atoms with Crippen LogP contribution in [0.5, 0.6) is 5.75 Å². The number of methoxy groups -OCH3 is 1. The largest absolute Gasteiger partial charge is 0.497 e. The van der Waals surface area contributed by atoms with Crippen LogP contribution in [0.3, 0.4) is 0 Å². The van der Waals surface area contributed by atoms with Crippen LogP contribution in [0.25, 0.3) is 0 Å². The summed E-state index contributed by atoms with van der Waals surface area (Å²) < 4.78 is 10.5. The molecule has 0 amide bonds. The van der Waals surface area contributed by atoms with E-state index in [1.807, 2.05) is 24.3 Å². The summed E-state index contributed by atoms with van der Waals surface area (Å²) in [5.74, 6) is 0.631. The summed E-state index contributed by atoms with van der Waals surface area (Å²) in [5.41, 5.74) is 1.03. The SMILES string of the molecule is CCCC[C@H]1C[C@@H](c2ccc(OC)cc2)C(=O)O1. The van der Waals surface area contributed by atoms with E-state index in [9.17, 15) is 4.79 Å². The van der Waals surface area contributed by atoms with Crippen LogP contribution in [0.15, 0.2) is 24.3 Å². The van der Waals surface area contributed by atoms with Crippen molar-refractivity contribution in [3.05, 3.63) is 29.8 Å². The van der Waals surface area contributed by atoms with Crippen LogP contribution in [-0.2, 0) is 9.53 Å². The lowest BCUT2D eigenvalue weighted by Crippen LogP contribution is -2.06. The molecule has 18 heavy (non-hydrogen) atoms. The molecule has 1 fully saturated rings. The molecule has 0 unspecified atom stereocenters. The van der Waals surface area contributed by atoms with Gasteiger partial charge in [-0.3, -0.25) is 4.79 Å². The van der Waals surface area contributed by atoms with E-state index in [0.29, 0.717) is 0 Å². The minimum atomic E-state index is -0.0993. The van der Waals surface area contributed by atoms with Crippen LogP contribution in [0.2, 0.25) is 0 Å². The Labute approximate surface area is 108 Å². The number of carbonyl (C=O) groups is 1. The third-order valence-electron chi connectivity index (χ3n) is 3.46. The fourth-order valence-electron chi connectivity index (χ4n) is 2.37. The number of hydrogen-bond acceptors (Lipinski definition) is 3. The third-order valence-corrected chi connectivity index (χ3v) is 3.46. The lowest BCUT2D eigenvalue weighted by atomic mass is 9.94. The molecule has 1 heterocycles. The molecule has 2 rings (SSSR count). The predicted octanol–water partition coefficient (Wildman–Crippen LogP) is 3.28. The summed E-state index contributed by atoms with van der Waals surface area (Å²) >= 11 is 0. The first-order valence-electron chi connectivity index (χ1n) is 6.59. The molecular weight excluding hydrogens is 228 g/mol. The Balaban J connectivity index is 2.02. The van der Waals surface area contributed by atoms with Gasteiger partial charge in [-0.1, -0.05) is 31.9 Å². The van der Waals surface area contributed by atoms with Crippen LogP contribution in [-0.4, -0.2) is 19.2 Å². The molecule has 0 spiro atoms. The lowest BCUT2D eigenvalue weighted by molar-refractivity contribution is -0.142. The highest BCUT2D eigenvalue weighted by molar-refractivity contribution is 5.80. The summed E-state index contributed by atoms with van der Waals surface area (Å²) in [6, 6.07) is 7.68. The van der Waals surface area contributed by atoms with E-state index in [1.54, 1.807) is 7.11 Å². The number of cyclic esters (lactones) is 1. The molecule has 1 aliphatic heterocycles. The van der Waals surface area contributed by atoms with Crippen molar-refractivity contribution in [2.24, 2.45) is 0 Å². The van der Waals surface area contributed by atoms with E-state index in [-0.39, 0.29) is 18.0 Å². The second kappa shape index (κ2) is 5.89. The second-order valence-corrected chi connectivity index (χ2v) is 4.76. The molecule has 98 valence electrons. The number of unbranched alkanes of at least 4 members (excludes halogenated alkanes) is 1. The zero-order valence-electron chi connectivity index (χ0n) is 11.0. The molecule has 1 aliphatic rings. The van der Waals surface area contributed by atoms with Crippen LogP contribution < -0.4 is 4.74 Å². The van der Waals surface area contributed by atoms with Crippen molar-refractivity contribution in [1.29, 1.82) is 0 Å². The van der Waals surface area contributed by atoms with Gasteiger partial charge in [0.1, 0.15) is 11.9 Å². The fraction of sp³-hybridized carbons (Fsp3) is 0.533. The molecule has 0 saturated carbocycles. The molecule has 0 bridgehead atoms. The fourth-order valence-corrected chi connectivity index (χ4v) is 2.37. The van der Waals surface area contributed by atoms with Crippen LogP contribution in [0.1, 0.15) is 44.1 Å². The molecule has 1 aromatic carbocycles. The van der Waals surface area contributed by atoms with Gasteiger partial charge >= 0.3 is 5.97 Å². The minimum absolute atomic E-state index is 0.0822. The highest BCUT2D eigenvalue weighted by Crippen LogP contribution is 2.33. The van der Waals surface area contributed by atoms with E-state index in [1.165, 1.54) is 0 Å². The Morgan fingerprint density at radius 1 is 1.33 bits per heavy atom. The van der Waals surface area contributed by atoms with Gasteiger partial charge < -0.3 is 9.47 Å². The van der Waals surface area contributed by atoms with Crippen molar-refractivity contribution in [1.82, 2.24) is 0 Å². The van der Waals surface area contributed by atoms with Crippen molar-refractivity contribution < 1.29 is 14.3 Å². The number of benzene rings is 1. The van der Waals surface area contributed by atoms with E-state index >= 15 is 0 Å². The second-order valence-electron chi connectivity index (χ2n) is 4.76. The summed E-state index contributed by atoms with van der Waals surface area (Å²) in [5, 5.41) is 0. The van der Waals surface area contributed by atoms with Gasteiger partial charge in [-0.25, -0.2) is 0 Å². The van der Waals surface area contributed by atoms with E-state index < -0.39 is 0 Å². The van der Waals surface area contributed by atoms with Gasteiger partial charge in [0.05, 0.1) is 13.0 Å². The summed E-state index contributed by atoms with van der Waals surface area (Å²) in [7, 11) is 1.64. The van der Waals surface area contributed by atoms with E-state index in [0.717, 1.165) is 37.0 Å². The molecular formula is C15H20O3. The van der Waals surface area contributed by atoms with Crippen molar-refractivity contribution in [2.75, 3.05) is 7.11 Å². The number of ether oxygens (including phenoxy) is 2. The first kappa shape index (κ1) is 12.9. The first-order chi connectivity index (χ1) is 8.74. The van der Waals surface area contributed by atoms with Gasteiger partial charge in [0.25, 0.3) is 0 Å². The normalized spacial score (nSPS) is 22.9. The minimum Gasteiger partial charge on any atom is -0.497 e. The van der Waals surface area contributed by atoms with Gasteiger partial charge in [0.15, 0.2) is 0 Å². The molecule has 3 heteroatoms. The Bertz CT molecular complexity index is 397. The van der Waals surface area contributed by atoms with Gasteiger partial charge in [0.2, 0.25) is 0 Å². The number of hydrogen-bond donors (Lipinski definition) is 0. The smallest absolute Gasteiger partial charge is 0.313 e. The molecule has 0 aromatic heterocycles. The molecule has 0 radical (unpaired) electrons. The van der Waals surface area contributed by atoms with Gasteiger partial charge in [0, 0.05) is 6.42 Å². The maximum absolute atomic E-state index is 11.8. The van der Waals surface area contributed by atoms with Crippen molar-refractivity contribution >= 4 is 5.97 Å². The third kappa shape index (κ3) is 2.84. The standard InChI is InChI=1S/C15H20O3/c1-3-4-5-13-10-14(15(16)18-13)11-6-8-12(17-2)9-7-11/h6-9,13-14H,3-5,10H2,1-2H3/t13-,14-/m0/s1. The number of rotatable bonds is 5. The summed E-state index contributed by atoms with van der Waals surface area (Å²) in [4.78, 5) is 11.8. The summed E-state index contributed by atoms with van der Waals surface area (Å²) in [6.07, 6.45) is 4.15. The average molecular weight is 248 g/mol. The van der Waals surface area contributed by atoms with Crippen molar-refractivity contribution in [3.8, 4) is 5.75 Å². The summed E-state index contributed by atoms with van der Waals surface area (Å²) in [6.45, 7) is 2.15. The van der Waals surface area contributed by atoms with E-state index in [2.05, 4.69) is 6.92 Å². The topological polar surface area (TPSA) is 35.5 Å². The zero-order chi connectivity index (χ0) is 13.0. The average Bonchev–Trinajstić information content (AvgIpc) is 2.78. The highest BCUT2D eigenvalue weighted by Gasteiger charge is 2.34. The first-order valence-corrected chi connectivity index (χ1v) is 6.59. The predicted molar refractivity (Wildman–Crippen MR) is 69.8 cm³/mol. The van der Waals surface area contributed by atoms with Crippen molar-refractivity contribution in [3.63, 3.8) is 0 Å². The Kier molecular flexibility index (Phi) is 4.24.